The van der Waals surface area contributed by atoms with Gasteiger partial charge in [0, 0.05) is 42.8 Å². The molecule has 0 saturated heterocycles. The van der Waals surface area contributed by atoms with Crippen LogP contribution in [0.5, 0.6) is 0 Å². The monoisotopic (exact) mass is 516 g/mol. The van der Waals surface area contributed by atoms with Gasteiger partial charge in [0.1, 0.15) is 11.5 Å². The Morgan fingerprint density at radius 1 is 0.895 bits per heavy atom. The molecule has 5 aromatic rings. The van der Waals surface area contributed by atoms with Crippen LogP contribution in [-0.4, -0.2) is 27.4 Å². The van der Waals surface area contributed by atoms with Gasteiger partial charge >= 0.3 is 12.2 Å². The first-order valence-corrected chi connectivity index (χ1v) is 11.7. The van der Waals surface area contributed by atoms with Gasteiger partial charge in [0.15, 0.2) is 0 Å². The third kappa shape index (κ3) is 5.44. The van der Waals surface area contributed by atoms with Crippen molar-refractivity contribution >= 4 is 23.2 Å². The lowest BCUT2D eigenvalue weighted by Crippen LogP contribution is -2.28. The molecular weight excluding hydrogens is 493 g/mol. The van der Waals surface area contributed by atoms with Gasteiger partial charge in [-0.15, -0.1) is 0 Å². The van der Waals surface area contributed by atoms with E-state index in [9.17, 15) is 18.0 Å². The highest BCUT2D eigenvalue weighted by Gasteiger charge is 2.30. The second-order valence-electron chi connectivity index (χ2n) is 8.55. The summed E-state index contributed by atoms with van der Waals surface area (Å²) in [5.74, 6) is 0.799. The zero-order valence-electron chi connectivity index (χ0n) is 20.3. The van der Waals surface area contributed by atoms with E-state index in [2.05, 4.69) is 25.9 Å². The number of hydrogen-bond donors (Lipinski definition) is 3. The van der Waals surface area contributed by atoms with Crippen molar-refractivity contribution in [1.82, 2.24) is 19.7 Å². The molecule has 2 aromatic carbocycles. The van der Waals surface area contributed by atoms with E-state index in [1.807, 2.05) is 72.4 Å². The Labute approximate surface area is 216 Å². The maximum Gasteiger partial charge on any atom is 0.416 e. The van der Waals surface area contributed by atoms with E-state index in [0.29, 0.717) is 0 Å². The van der Waals surface area contributed by atoms with Crippen LogP contribution in [0.4, 0.5) is 29.5 Å². The molecule has 10 heteroatoms. The standard InChI is InChI=1S/C28H23F3N6O/c1-32-25-10-9-21(16-33-25)20-11-12-37-24(17-34-26(37)13-20)19-7-5-18(6-8-19)15-35-27(38)36-23-4-2-3-22(14-23)28(29,30)31/h2-14,16-17H,15H2,1H3,(H,32,33)(H2,35,36,38). The quantitative estimate of drug-likeness (QED) is 0.242. The second kappa shape index (κ2) is 10.3. The number of benzene rings is 2. The predicted octanol–water partition coefficient (Wildman–Crippen LogP) is 6.45. The molecule has 3 aromatic heterocycles. The van der Waals surface area contributed by atoms with Crippen molar-refractivity contribution in [3.05, 3.63) is 103 Å². The molecule has 0 spiro atoms. The molecule has 0 aliphatic rings. The van der Waals surface area contributed by atoms with Gasteiger partial charge in [-0.25, -0.2) is 14.8 Å². The number of carbonyl (C=O) groups is 1. The fourth-order valence-corrected chi connectivity index (χ4v) is 4.01. The first-order valence-electron chi connectivity index (χ1n) is 11.7. The lowest BCUT2D eigenvalue weighted by atomic mass is 10.1. The van der Waals surface area contributed by atoms with Gasteiger partial charge in [-0.3, -0.25) is 4.40 Å². The van der Waals surface area contributed by atoms with E-state index in [1.165, 1.54) is 12.1 Å². The van der Waals surface area contributed by atoms with Gasteiger partial charge in [-0.1, -0.05) is 30.3 Å². The molecule has 0 unspecified atom stereocenters. The molecular formula is C28H23F3N6O. The zero-order chi connectivity index (χ0) is 26.7. The van der Waals surface area contributed by atoms with Crippen LogP contribution >= 0.6 is 0 Å². The van der Waals surface area contributed by atoms with Crippen LogP contribution in [-0.2, 0) is 12.7 Å². The van der Waals surface area contributed by atoms with E-state index in [4.69, 9.17) is 0 Å². The summed E-state index contributed by atoms with van der Waals surface area (Å²) >= 11 is 0. The minimum absolute atomic E-state index is 0.0645. The number of amides is 2. The summed E-state index contributed by atoms with van der Waals surface area (Å²) in [7, 11) is 1.82. The number of rotatable bonds is 6. The van der Waals surface area contributed by atoms with Crippen molar-refractivity contribution in [2.24, 2.45) is 0 Å². The van der Waals surface area contributed by atoms with Gasteiger partial charge in [-0.05, 0) is 53.6 Å². The normalized spacial score (nSPS) is 11.4. The molecule has 7 nitrogen and oxygen atoms in total. The highest BCUT2D eigenvalue weighted by atomic mass is 19.4. The number of aromatic nitrogens is 3. The Bertz CT molecular complexity index is 1580. The van der Waals surface area contributed by atoms with Gasteiger partial charge in [0.25, 0.3) is 0 Å². The lowest BCUT2D eigenvalue weighted by Gasteiger charge is -2.11. The Kier molecular flexibility index (Phi) is 6.69. The largest absolute Gasteiger partial charge is 0.416 e. The Hall–Kier alpha value is -4.86. The number of fused-ring (bicyclic) bond motifs is 1. The molecule has 0 aliphatic heterocycles. The molecule has 3 N–H and O–H groups in total. The maximum absolute atomic E-state index is 12.9. The van der Waals surface area contributed by atoms with E-state index >= 15 is 0 Å². The molecule has 0 atom stereocenters. The Balaban J connectivity index is 1.23. The molecule has 0 saturated carbocycles. The average molecular weight is 517 g/mol. The number of anilines is 2. The molecule has 192 valence electrons. The molecule has 5 rings (SSSR count). The van der Waals surface area contributed by atoms with Crippen LogP contribution in [0.1, 0.15) is 11.1 Å². The van der Waals surface area contributed by atoms with E-state index in [0.717, 1.165) is 51.5 Å². The van der Waals surface area contributed by atoms with Crippen molar-refractivity contribution in [2.45, 2.75) is 12.7 Å². The minimum atomic E-state index is -4.48. The molecule has 0 aliphatic carbocycles. The van der Waals surface area contributed by atoms with Crippen LogP contribution in [0, 0.1) is 0 Å². The van der Waals surface area contributed by atoms with E-state index in [1.54, 1.807) is 6.20 Å². The first-order chi connectivity index (χ1) is 18.3. The summed E-state index contributed by atoms with van der Waals surface area (Å²) in [5, 5.41) is 8.10. The van der Waals surface area contributed by atoms with Crippen molar-refractivity contribution in [3.8, 4) is 22.4 Å². The topological polar surface area (TPSA) is 83.4 Å². The summed E-state index contributed by atoms with van der Waals surface area (Å²) < 4.78 is 40.6. The van der Waals surface area contributed by atoms with Crippen LogP contribution in [0.15, 0.2) is 91.4 Å². The zero-order valence-corrected chi connectivity index (χ0v) is 20.3. The number of nitrogens with one attached hydrogen (secondary N) is 3. The molecule has 3 heterocycles. The van der Waals surface area contributed by atoms with Gasteiger partial charge in [-0.2, -0.15) is 13.2 Å². The summed E-state index contributed by atoms with van der Waals surface area (Å²) in [6.45, 7) is 0.210. The number of nitrogens with zero attached hydrogens (tertiary/aromatic N) is 3. The van der Waals surface area contributed by atoms with Crippen molar-refractivity contribution in [2.75, 3.05) is 17.7 Å². The highest BCUT2D eigenvalue weighted by Crippen LogP contribution is 2.30. The van der Waals surface area contributed by atoms with Gasteiger partial charge in [0.05, 0.1) is 17.5 Å². The van der Waals surface area contributed by atoms with E-state index in [-0.39, 0.29) is 12.2 Å². The number of pyridine rings is 2. The van der Waals surface area contributed by atoms with Crippen LogP contribution in [0.25, 0.3) is 28.0 Å². The maximum atomic E-state index is 12.9. The summed E-state index contributed by atoms with van der Waals surface area (Å²) in [5.41, 5.74) is 4.73. The summed E-state index contributed by atoms with van der Waals surface area (Å²) in [4.78, 5) is 21.1. The average Bonchev–Trinajstić information content (AvgIpc) is 3.35. The van der Waals surface area contributed by atoms with E-state index < -0.39 is 17.8 Å². The van der Waals surface area contributed by atoms with Crippen molar-refractivity contribution in [3.63, 3.8) is 0 Å². The van der Waals surface area contributed by atoms with Crippen molar-refractivity contribution in [1.29, 1.82) is 0 Å². The summed E-state index contributed by atoms with van der Waals surface area (Å²) in [6.07, 6.45) is 1.10. The number of hydrogen-bond acceptors (Lipinski definition) is 4. The number of imidazole rings is 1. The Morgan fingerprint density at radius 3 is 2.39 bits per heavy atom. The number of urea groups is 1. The Morgan fingerprint density at radius 2 is 1.68 bits per heavy atom. The summed E-state index contributed by atoms with van der Waals surface area (Å²) in [6, 6.07) is 19.4. The molecule has 2 amide bonds. The minimum Gasteiger partial charge on any atom is -0.373 e. The van der Waals surface area contributed by atoms with Gasteiger partial charge < -0.3 is 16.0 Å². The van der Waals surface area contributed by atoms with Crippen molar-refractivity contribution < 1.29 is 18.0 Å². The van der Waals surface area contributed by atoms with Gasteiger partial charge in [0.2, 0.25) is 0 Å². The molecule has 0 fully saturated rings. The number of halogens is 3. The predicted molar refractivity (Wildman–Crippen MR) is 141 cm³/mol. The highest BCUT2D eigenvalue weighted by molar-refractivity contribution is 5.89. The van der Waals surface area contributed by atoms with Crippen LogP contribution in [0.2, 0.25) is 0 Å². The first kappa shape index (κ1) is 24.8. The molecule has 0 radical (unpaired) electrons. The van der Waals surface area contributed by atoms with Crippen LogP contribution < -0.4 is 16.0 Å². The van der Waals surface area contributed by atoms with Crippen LogP contribution in [0.3, 0.4) is 0 Å². The number of carbonyl (C=O) groups excluding carboxylic acids is 1. The number of alkyl halides is 3. The second-order valence-corrected chi connectivity index (χ2v) is 8.55. The third-order valence-corrected chi connectivity index (χ3v) is 6.02. The third-order valence-electron chi connectivity index (χ3n) is 6.02. The fourth-order valence-electron chi connectivity index (χ4n) is 4.01. The molecule has 0 bridgehead atoms. The SMILES string of the molecule is CNc1ccc(-c2ccn3c(-c4ccc(CNC(=O)Nc5cccc(C(F)(F)F)c5)cc4)cnc3c2)cn1. The lowest BCUT2D eigenvalue weighted by molar-refractivity contribution is -0.137. The molecule has 38 heavy (non-hydrogen) atoms. The smallest absolute Gasteiger partial charge is 0.373 e. The fraction of sp³-hybridized carbons (Fsp3) is 0.107.